The van der Waals surface area contributed by atoms with Crippen LogP contribution in [0.4, 0.5) is 0 Å². The molecule has 0 aliphatic heterocycles. The van der Waals surface area contributed by atoms with E-state index in [-0.39, 0.29) is 5.92 Å². The van der Waals surface area contributed by atoms with Crippen molar-refractivity contribution in [2.45, 2.75) is 44.4 Å². The van der Waals surface area contributed by atoms with Gasteiger partial charge in [0.1, 0.15) is 5.78 Å². The molecule has 2 atom stereocenters. The zero-order chi connectivity index (χ0) is 11.7. The molecule has 0 heterocycles. The molecule has 3 rings (SSSR count). The minimum atomic E-state index is 0.222. The van der Waals surface area contributed by atoms with Crippen LogP contribution in [0.25, 0.3) is 0 Å². The van der Waals surface area contributed by atoms with E-state index in [1.54, 1.807) is 0 Å². The number of hydrogen-bond acceptors (Lipinski definition) is 1. The van der Waals surface area contributed by atoms with Gasteiger partial charge in [0, 0.05) is 12.3 Å². The second-order valence-corrected chi connectivity index (χ2v) is 5.62. The van der Waals surface area contributed by atoms with Gasteiger partial charge < -0.3 is 0 Å². The van der Waals surface area contributed by atoms with Gasteiger partial charge in [0.15, 0.2) is 0 Å². The molecule has 0 bridgehead atoms. The summed E-state index contributed by atoms with van der Waals surface area (Å²) in [4.78, 5) is 11.9. The van der Waals surface area contributed by atoms with Crippen molar-refractivity contribution in [2.75, 3.05) is 0 Å². The summed E-state index contributed by atoms with van der Waals surface area (Å²) >= 11 is 0. The molecule has 2 saturated carbocycles. The van der Waals surface area contributed by atoms with E-state index in [0.717, 1.165) is 12.3 Å². The quantitative estimate of drug-likeness (QED) is 0.749. The van der Waals surface area contributed by atoms with E-state index in [9.17, 15) is 4.79 Å². The van der Waals surface area contributed by atoms with E-state index >= 15 is 0 Å². The zero-order valence-corrected chi connectivity index (χ0v) is 10.3. The van der Waals surface area contributed by atoms with Crippen molar-refractivity contribution in [2.24, 2.45) is 11.8 Å². The SMILES string of the molecule is O=C1C[C@H](C2CCCCC2)[C@H]1c1ccccc1. The smallest absolute Gasteiger partial charge is 0.140 e. The Balaban J connectivity index is 1.76. The number of ketones is 1. The minimum Gasteiger partial charge on any atom is -0.299 e. The Morgan fingerprint density at radius 1 is 0.941 bits per heavy atom. The minimum absolute atomic E-state index is 0.222. The largest absolute Gasteiger partial charge is 0.299 e. The van der Waals surface area contributed by atoms with Crippen molar-refractivity contribution in [3.8, 4) is 0 Å². The summed E-state index contributed by atoms with van der Waals surface area (Å²) in [5.41, 5.74) is 1.25. The average molecular weight is 228 g/mol. The third-order valence-electron chi connectivity index (χ3n) is 4.63. The van der Waals surface area contributed by atoms with Crippen LogP contribution in [-0.4, -0.2) is 5.78 Å². The first-order valence-corrected chi connectivity index (χ1v) is 6.94. The van der Waals surface area contributed by atoms with Gasteiger partial charge >= 0.3 is 0 Å². The van der Waals surface area contributed by atoms with Crippen molar-refractivity contribution in [3.63, 3.8) is 0 Å². The molecule has 17 heavy (non-hydrogen) atoms. The summed E-state index contributed by atoms with van der Waals surface area (Å²) in [7, 11) is 0. The van der Waals surface area contributed by atoms with Gasteiger partial charge in [0.2, 0.25) is 0 Å². The molecule has 0 saturated heterocycles. The molecule has 0 spiro atoms. The maximum Gasteiger partial charge on any atom is 0.140 e. The molecule has 2 aliphatic rings. The lowest BCUT2D eigenvalue weighted by Crippen LogP contribution is -2.40. The van der Waals surface area contributed by atoms with Crippen molar-refractivity contribution in [1.82, 2.24) is 0 Å². The molecule has 90 valence electrons. The zero-order valence-electron chi connectivity index (χ0n) is 10.3. The highest BCUT2D eigenvalue weighted by atomic mass is 16.1. The van der Waals surface area contributed by atoms with Gasteiger partial charge in [0.05, 0.1) is 0 Å². The van der Waals surface area contributed by atoms with Crippen LogP contribution in [0.2, 0.25) is 0 Å². The van der Waals surface area contributed by atoms with Crippen LogP contribution in [0.5, 0.6) is 0 Å². The third kappa shape index (κ3) is 2.03. The molecule has 1 aromatic rings. The van der Waals surface area contributed by atoms with Gasteiger partial charge in [-0.25, -0.2) is 0 Å². The lowest BCUT2D eigenvalue weighted by molar-refractivity contribution is -0.131. The van der Waals surface area contributed by atoms with Crippen LogP contribution in [0, 0.1) is 11.8 Å². The second-order valence-electron chi connectivity index (χ2n) is 5.62. The number of carbonyl (C=O) groups excluding carboxylic acids is 1. The number of benzene rings is 1. The van der Waals surface area contributed by atoms with E-state index in [4.69, 9.17) is 0 Å². The number of carbonyl (C=O) groups is 1. The number of Topliss-reactive ketones (excluding diaryl/α,β-unsaturated/α-hetero) is 1. The standard InChI is InChI=1S/C16H20O/c17-15-11-14(12-7-3-1-4-8-12)16(15)13-9-5-2-6-10-13/h2,5-6,9-10,12,14,16H,1,3-4,7-8,11H2/t14-,16-/m1/s1. The Morgan fingerprint density at radius 3 is 2.29 bits per heavy atom. The first-order chi connectivity index (χ1) is 8.36. The van der Waals surface area contributed by atoms with Gasteiger partial charge in [-0.1, -0.05) is 62.4 Å². The molecule has 0 radical (unpaired) electrons. The highest BCUT2D eigenvalue weighted by Crippen LogP contribution is 2.47. The summed E-state index contributed by atoms with van der Waals surface area (Å²) < 4.78 is 0. The number of rotatable bonds is 2. The van der Waals surface area contributed by atoms with Crippen molar-refractivity contribution in [3.05, 3.63) is 35.9 Å². The summed E-state index contributed by atoms with van der Waals surface area (Å²) in [5, 5.41) is 0. The first kappa shape index (κ1) is 11.0. The Morgan fingerprint density at radius 2 is 1.65 bits per heavy atom. The molecule has 0 aromatic heterocycles. The van der Waals surface area contributed by atoms with Crippen LogP contribution in [0.3, 0.4) is 0 Å². The molecular formula is C16H20O. The summed E-state index contributed by atoms with van der Waals surface area (Å²) in [6.45, 7) is 0. The molecule has 2 fully saturated rings. The Hall–Kier alpha value is -1.11. The van der Waals surface area contributed by atoms with Gasteiger partial charge in [-0.3, -0.25) is 4.79 Å². The predicted molar refractivity (Wildman–Crippen MR) is 68.9 cm³/mol. The lowest BCUT2D eigenvalue weighted by atomic mass is 9.60. The van der Waals surface area contributed by atoms with Crippen LogP contribution >= 0.6 is 0 Å². The van der Waals surface area contributed by atoms with Crippen LogP contribution in [-0.2, 0) is 4.79 Å². The summed E-state index contributed by atoms with van der Waals surface area (Å²) in [5.74, 6) is 2.14. The summed E-state index contributed by atoms with van der Waals surface area (Å²) in [6.07, 6.45) is 7.67. The highest BCUT2D eigenvalue weighted by molar-refractivity contribution is 5.92. The van der Waals surface area contributed by atoms with Gasteiger partial charge in [-0.05, 0) is 17.4 Å². The Labute approximate surface area is 103 Å². The highest BCUT2D eigenvalue weighted by Gasteiger charge is 2.44. The van der Waals surface area contributed by atoms with Crippen molar-refractivity contribution in [1.29, 1.82) is 0 Å². The molecule has 1 nitrogen and oxygen atoms in total. The van der Waals surface area contributed by atoms with Crippen LogP contribution < -0.4 is 0 Å². The number of hydrogen-bond donors (Lipinski definition) is 0. The van der Waals surface area contributed by atoms with E-state index < -0.39 is 0 Å². The fourth-order valence-electron chi connectivity index (χ4n) is 3.65. The van der Waals surface area contributed by atoms with E-state index in [1.807, 2.05) is 6.07 Å². The molecule has 0 amide bonds. The second kappa shape index (κ2) is 4.64. The maximum absolute atomic E-state index is 11.9. The van der Waals surface area contributed by atoms with E-state index in [0.29, 0.717) is 11.7 Å². The molecule has 0 N–H and O–H groups in total. The predicted octanol–water partition coefficient (Wildman–Crippen LogP) is 3.94. The topological polar surface area (TPSA) is 17.1 Å². The molecular weight excluding hydrogens is 208 g/mol. The van der Waals surface area contributed by atoms with Gasteiger partial charge in [-0.2, -0.15) is 0 Å². The third-order valence-corrected chi connectivity index (χ3v) is 4.63. The van der Waals surface area contributed by atoms with Gasteiger partial charge in [0.25, 0.3) is 0 Å². The van der Waals surface area contributed by atoms with Crippen LogP contribution in [0.1, 0.15) is 50.0 Å². The first-order valence-electron chi connectivity index (χ1n) is 6.94. The maximum atomic E-state index is 11.9. The molecule has 1 aromatic carbocycles. The fourth-order valence-corrected chi connectivity index (χ4v) is 3.65. The Kier molecular flexibility index (Phi) is 3.00. The van der Waals surface area contributed by atoms with Crippen molar-refractivity contribution >= 4 is 5.78 Å². The monoisotopic (exact) mass is 228 g/mol. The normalized spacial score (nSPS) is 30.0. The van der Waals surface area contributed by atoms with Gasteiger partial charge in [-0.15, -0.1) is 0 Å². The van der Waals surface area contributed by atoms with E-state index in [1.165, 1.54) is 37.7 Å². The molecule has 0 unspecified atom stereocenters. The van der Waals surface area contributed by atoms with Crippen molar-refractivity contribution < 1.29 is 4.79 Å². The fraction of sp³-hybridized carbons (Fsp3) is 0.562. The van der Waals surface area contributed by atoms with E-state index in [2.05, 4.69) is 24.3 Å². The molecule has 1 heteroatoms. The average Bonchev–Trinajstić information content (AvgIpc) is 2.38. The van der Waals surface area contributed by atoms with Crippen LogP contribution in [0.15, 0.2) is 30.3 Å². The molecule has 2 aliphatic carbocycles. The lowest BCUT2D eigenvalue weighted by Gasteiger charge is -2.42. The Bertz CT molecular complexity index is 389. The summed E-state index contributed by atoms with van der Waals surface area (Å²) in [6, 6.07) is 10.4.